The predicted molar refractivity (Wildman–Crippen MR) is 192 cm³/mol. The molecule has 4 heteroatoms. The number of para-hydroxylation sites is 3. The second-order valence-electron chi connectivity index (χ2n) is 11.9. The zero-order valence-corrected chi connectivity index (χ0v) is 25.3. The first-order chi connectivity index (χ1) is 22.8. The first kappa shape index (κ1) is 26.4. The zero-order valence-electron chi connectivity index (χ0n) is 25.3. The molecule has 5 aromatic carbocycles. The Morgan fingerprint density at radius 1 is 0.478 bits per heavy atom. The molecule has 3 heterocycles. The molecule has 0 fully saturated rings. The van der Waals surface area contributed by atoms with Gasteiger partial charge in [0.2, 0.25) is 0 Å². The molecule has 8 aromatic rings. The van der Waals surface area contributed by atoms with E-state index in [2.05, 4.69) is 195 Å². The number of nitrogens with zero attached hydrogens (tertiary/aromatic N) is 4. The standard InChI is InChI=1S/C42H32N4/c1-4-10-40-31(7-1)25-28-43(40)34-13-19-37(20-14-34)46(38-21-15-35(16-22-38)44-29-26-32-8-2-5-11-41(32)44)39-23-17-36(18-24-39)45-30-27-33-9-3-6-12-42(33)45/h1-17,19-30,36H,18H2. The predicted octanol–water partition coefficient (Wildman–Crippen LogP) is 10.8. The highest BCUT2D eigenvalue weighted by molar-refractivity contribution is 5.84. The molecule has 0 amide bonds. The third kappa shape index (κ3) is 4.46. The van der Waals surface area contributed by atoms with Crippen LogP contribution in [0.1, 0.15) is 12.5 Å². The van der Waals surface area contributed by atoms with E-state index in [9.17, 15) is 0 Å². The van der Waals surface area contributed by atoms with Crippen LogP contribution < -0.4 is 4.90 Å². The summed E-state index contributed by atoms with van der Waals surface area (Å²) in [6, 6.07) is 50.3. The van der Waals surface area contributed by atoms with Gasteiger partial charge in [-0.25, -0.2) is 0 Å². The van der Waals surface area contributed by atoms with Gasteiger partial charge in [-0.1, -0.05) is 66.7 Å². The van der Waals surface area contributed by atoms with Crippen molar-refractivity contribution in [3.05, 3.63) is 182 Å². The molecular weight excluding hydrogens is 560 g/mol. The maximum absolute atomic E-state index is 2.38. The van der Waals surface area contributed by atoms with E-state index in [1.807, 2.05) is 0 Å². The Kier molecular flexibility index (Phi) is 6.24. The third-order valence-corrected chi connectivity index (χ3v) is 9.27. The summed E-state index contributed by atoms with van der Waals surface area (Å²) < 4.78 is 6.90. The molecule has 0 spiro atoms. The van der Waals surface area contributed by atoms with Crippen LogP contribution in [0.25, 0.3) is 44.1 Å². The number of allylic oxidation sites excluding steroid dienone is 3. The van der Waals surface area contributed by atoms with Crippen molar-refractivity contribution in [3.8, 4) is 11.4 Å². The molecule has 1 aliphatic rings. The maximum Gasteiger partial charge on any atom is 0.0555 e. The van der Waals surface area contributed by atoms with Crippen molar-refractivity contribution in [3.63, 3.8) is 0 Å². The van der Waals surface area contributed by atoms with Crippen molar-refractivity contribution < 1.29 is 0 Å². The summed E-state index contributed by atoms with van der Waals surface area (Å²) in [6.45, 7) is 0. The quantitative estimate of drug-likeness (QED) is 0.188. The number of rotatable bonds is 6. The number of aromatic nitrogens is 3. The Morgan fingerprint density at radius 2 is 0.957 bits per heavy atom. The maximum atomic E-state index is 2.38. The van der Waals surface area contributed by atoms with Crippen molar-refractivity contribution in [2.24, 2.45) is 0 Å². The Hall–Kier alpha value is -6.00. The lowest BCUT2D eigenvalue weighted by molar-refractivity contribution is 0.625. The zero-order chi connectivity index (χ0) is 30.5. The van der Waals surface area contributed by atoms with Crippen molar-refractivity contribution in [1.29, 1.82) is 0 Å². The summed E-state index contributed by atoms with van der Waals surface area (Å²) >= 11 is 0. The van der Waals surface area contributed by atoms with Crippen LogP contribution in [0.2, 0.25) is 0 Å². The summed E-state index contributed by atoms with van der Waals surface area (Å²) in [5.74, 6) is 0. The van der Waals surface area contributed by atoms with Crippen LogP contribution in [0.15, 0.2) is 182 Å². The van der Waals surface area contributed by atoms with Gasteiger partial charge in [-0.2, -0.15) is 0 Å². The van der Waals surface area contributed by atoms with Gasteiger partial charge in [0.15, 0.2) is 0 Å². The molecule has 1 unspecified atom stereocenters. The molecular formula is C42H32N4. The van der Waals surface area contributed by atoms with Crippen LogP contribution in [0.4, 0.5) is 11.4 Å². The lowest BCUT2D eigenvalue weighted by atomic mass is 10.0. The number of benzene rings is 5. The normalized spacial score (nSPS) is 14.7. The monoisotopic (exact) mass is 592 g/mol. The van der Waals surface area contributed by atoms with Gasteiger partial charge in [0, 0.05) is 52.6 Å². The largest absolute Gasteiger partial charge is 0.340 e. The molecule has 3 aromatic heterocycles. The van der Waals surface area contributed by atoms with E-state index in [1.165, 1.54) is 38.4 Å². The molecule has 9 rings (SSSR count). The highest BCUT2D eigenvalue weighted by Crippen LogP contribution is 2.36. The molecule has 0 N–H and O–H groups in total. The molecule has 220 valence electrons. The fraction of sp³-hybridized carbons (Fsp3) is 0.0476. The van der Waals surface area contributed by atoms with E-state index in [-0.39, 0.29) is 6.04 Å². The molecule has 0 saturated carbocycles. The van der Waals surface area contributed by atoms with Crippen LogP contribution in [-0.4, -0.2) is 13.7 Å². The summed E-state index contributed by atoms with van der Waals surface area (Å²) in [6.07, 6.45) is 14.4. The smallest absolute Gasteiger partial charge is 0.0555 e. The fourth-order valence-corrected chi connectivity index (χ4v) is 6.95. The van der Waals surface area contributed by atoms with Gasteiger partial charge in [-0.15, -0.1) is 0 Å². The number of hydrogen-bond donors (Lipinski definition) is 0. The summed E-state index contributed by atoms with van der Waals surface area (Å²) in [7, 11) is 0. The first-order valence-corrected chi connectivity index (χ1v) is 15.9. The van der Waals surface area contributed by atoms with E-state index in [1.54, 1.807) is 0 Å². The Morgan fingerprint density at radius 3 is 1.48 bits per heavy atom. The second kappa shape index (κ2) is 10.9. The van der Waals surface area contributed by atoms with Gasteiger partial charge < -0.3 is 18.6 Å². The number of anilines is 2. The second-order valence-corrected chi connectivity index (χ2v) is 11.9. The molecule has 0 saturated heterocycles. The number of hydrogen-bond acceptors (Lipinski definition) is 1. The van der Waals surface area contributed by atoms with E-state index in [0.717, 1.165) is 29.2 Å². The van der Waals surface area contributed by atoms with Crippen LogP contribution in [-0.2, 0) is 0 Å². The van der Waals surface area contributed by atoms with Gasteiger partial charge in [-0.05, 0) is 114 Å². The average molecular weight is 593 g/mol. The van der Waals surface area contributed by atoms with Gasteiger partial charge in [0.05, 0.1) is 17.1 Å². The fourth-order valence-electron chi connectivity index (χ4n) is 6.95. The van der Waals surface area contributed by atoms with E-state index < -0.39 is 0 Å². The Bertz CT molecular complexity index is 2280. The molecule has 1 atom stereocenters. The van der Waals surface area contributed by atoms with E-state index >= 15 is 0 Å². The highest BCUT2D eigenvalue weighted by Gasteiger charge is 2.19. The summed E-state index contributed by atoms with van der Waals surface area (Å²) in [5.41, 5.74) is 9.40. The summed E-state index contributed by atoms with van der Waals surface area (Å²) in [4.78, 5) is 2.37. The number of fused-ring (bicyclic) bond motifs is 3. The van der Waals surface area contributed by atoms with Crippen molar-refractivity contribution in [2.45, 2.75) is 12.5 Å². The molecule has 0 radical (unpaired) electrons. The molecule has 1 aliphatic carbocycles. The molecule has 4 nitrogen and oxygen atoms in total. The van der Waals surface area contributed by atoms with Crippen LogP contribution >= 0.6 is 0 Å². The minimum Gasteiger partial charge on any atom is -0.340 e. The van der Waals surface area contributed by atoms with Crippen LogP contribution in [0.5, 0.6) is 0 Å². The lowest BCUT2D eigenvalue weighted by Crippen LogP contribution is -2.18. The van der Waals surface area contributed by atoms with Gasteiger partial charge in [0.25, 0.3) is 0 Å². The molecule has 46 heavy (non-hydrogen) atoms. The van der Waals surface area contributed by atoms with E-state index in [0.29, 0.717) is 0 Å². The first-order valence-electron chi connectivity index (χ1n) is 15.9. The van der Waals surface area contributed by atoms with Crippen LogP contribution in [0, 0.1) is 0 Å². The van der Waals surface area contributed by atoms with Crippen LogP contribution in [0.3, 0.4) is 0 Å². The SMILES string of the molecule is C1=CC(n2ccc3ccccc32)CC=C1N(c1ccc(-n2ccc3ccccc32)cc1)c1ccc(-n2ccc3ccccc32)cc1. The average Bonchev–Trinajstić information content (AvgIpc) is 3.87. The van der Waals surface area contributed by atoms with Gasteiger partial charge >= 0.3 is 0 Å². The molecule has 0 bridgehead atoms. The third-order valence-electron chi connectivity index (χ3n) is 9.27. The Balaban J connectivity index is 1.08. The Labute approximate surface area is 268 Å². The van der Waals surface area contributed by atoms with Gasteiger partial charge in [-0.3, -0.25) is 0 Å². The van der Waals surface area contributed by atoms with Gasteiger partial charge in [0.1, 0.15) is 0 Å². The highest BCUT2D eigenvalue weighted by atomic mass is 15.2. The van der Waals surface area contributed by atoms with Crippen molar-refractivity contribution in [1.82, 2.24) is 13.7 Å². The van der Waals surface area contributed by atoms with Crippen molar-refractivity contribution >= 4 is 44.1 Å². The minimum absolute atomic E-state index is 0.277. The van der Waals surface area contributed by atoms with E-state index in [4.69, 9.17) is 0 Å². The summed E-state index contributed by atoms with van der Waals surface area (Å²) in [5, 5.41) is 3.76. The lowest BCUT2D eigenvalue weighted by Gasteiger charge is -2.30. The van der Waals surface area contributed by atoms with Crippen molar-refractivity contribution in [2.75, 3.05) is 4.90 Å². The molecule has 0 aliphatic heterocycles. The topological polar surface area (TPSA) is 18.0 Å². The minimum atomic E-state index is 0.277.